The first kappa shape index (κ1) is 19.9. The second-order valence-electron chi connectivity index (χ2n) is 7.36. The highest BCUT2D eigenvalue weighted by Crippen LogP contribution is 2.23. The molecule has 0 N–H and O–H groups in total. The van der Waals surface area contributed by atoms with Gasteiger partial charge in [-0.3, -0.25) is 18.7 Å². The van der Waals surface area contributed by atoms with E-state index in [2.05, 4.69) is 0 Å². The molecule has 1 saturated heterocycles. The van der Waals surface area contributed by atoms with Crippen LogP contribution in [0, 0.1) is 5.92 Å². The molecule has 7 nitrogen and oxygen atoms in total. The van der Waals surface area contributed by atoms with E-state index in [1.54, 1.807) is 7.05 Å². The molecule has 1 aliphatic rings. The summed E-state index contributed by atoms with van der Waals surface area (Å²) in [5.74, 6) is 0.568. The average Bonchev–Trinajstić information content (AvgIpc) is 2.73. The summed E-state index contributed by atoms with van der Waals surface area (Å²) in [6.07, 6.45) is 1.67. The summed E-state index contributed by atoms with van der Waals surface area (Å²) < 4.78 is 2.57. The number of benzene rings is 1. The Morgan fingerprint density at radius 3 is 2.54 bits per heavy atom. The van der Waals surface area contributed by atoms with Gasteiger partial charge in [0.15, 0.2) is 0 Å². The lowest BCUT2D eigenvalue weighted by atomic mass is 9.96. The van der Waals surface area contributed by atoms with E-state index in [0.29, 0.717) is 25.5 Å². The van der Waals surface area contributed by atoms with Crippen LogP contribution in [0.1, 0.15) is 25.3 Å². The normalized spacial score (nSPS) is 16.8. The average molecular weight is 384 g/mol. The van der Waals surface area contributed by atoms with Crippen molar-refractivity contribution in [2.75, 3.05) is 24.5 Å². The Bertz CT molecular complexity index is 948. The molecule has 7 heteroatoms. The number of piperidine rings is 1. The Hall–Kier alpha value is -2.83. The lowest BCUT2D eigenvalue weighted by Gasteiger charge is -2.36. The van der Waals surface area contributed by atoms with Gasteiger partial charge in [0.25, 0.3) is 5.56 Å². The van der Waals surface area contributed by atoms with E-state index >= 15 is 0 Å². The van der Waals surface area contributed by atoms with Crippen molar-refractivity contribution >= 4 is 11.7 Å². The summed E-state index contributed by atoms with van der Waals surface area (Å²) in [6.45, 7) is 4.48. The summed E-state index contributed by atoms with van der Waals surface area (Å²) in [7, 11) is 3.13. The maximum absolute atomic E-state index is 13.1. The molecule has 1 aromatic heterocycles. The van der Waals surface area contributed by atoms with Gasteiger partial charge in [0, 0.05) is 46.3 Å². The molecule has 1 aromatic carbocycles. The lowest BCUT2D eigenvalue weighted by molar-refractivity contribution is -0.136. The van der Waals surface area contributed by atoms with Crippen molar-refractivity contribution < 1.29 is 4.79 Å². The smallest absolute Gasteiger partial charge is 0.332 e. The zero-order chi connectivity index (χ0) is 20.3. The zero-order valence-electron chi connectivity index (χ0n) is 16.8. The molecule has 3 rings (SSSR count). The second kappa shape index (κ2) is 8.46. The molecule has 0 spiro atoms. The minimum absolute atomic E-state index is 0.130. The van der Waals surface area contributed by atoms with Crippen LogP contribution in [-0.4, -0.2) is 39.6 Å². The van der Waals surface area contributed by atoms with Crippen molar-refractivity contribution in [3.63, 3.8) is 0 Å². The summed E-state index contributed by atoms with van der Waals surface area (Å²) >= 11 is 0. The SMILES string of the molecule is CCN(Cc1ccccc1)C(=O)C1CCCN(c2cc(=O)n(C)c(=O)n2C)C1. The summed E-state index contributed by atoms with van der Waals surface area (Å²) in [6, 6.07) is 11.5. The molecule has 1 aliphatic heterocycles. The minimum Gasteiger partial charge on any atom is -0.357 e. The number of aromatic nitrogens is 2. The van der Waals surface area contributed by atoms with E-state index in [1.807, 2.05) is 47.1 Å². The molecule has 1 unspecified atom stereocenters. The van der Waals surface area contributed by atoms with Crippen LogP contribution in [0.2, 0.25) is 0 Å². The molecule has 2 aromatic rings. The van der Waals surface area contributed by atoms with E-state index in [9.17, 15) is 14.4 Å². The van der Waals surface area contributed by atoms with Gasteiger partial charge in [-0.2, -0.15) is 0 Å². The zero-order valence-corrected chi connectivity index (χ0v) is 16.8. The fraction of sp³-hybridized carbons (Fsp3) is 0.476. The monoisotopic (exact) mass is 384 g/mol. The number of carbonyl (C=O) groups is 1. The maximum atomic E-state index is 13.1. The molecule has 1 atom stereocenters. The largest absolute Gasteiger partial charge is 0.357 e. The fourth-order valence-corrected chi connectivity index (χ4v) is 3.82. The first-order valence-electron chi connectivity index (χ1n) is 9.77. The first-order valence-corrected chi connectivity index (χ1v) is 9.77. The van der Waals surface area contributed by atoms with E-state index in [1.165, 1.54) is 17.7 Å². The number of nitrogens with zero attached hydrogens (tertiary/aromatic N) is 4. The number of hydrogen-bond acceptors (Lipinski definition) is 4. The number of hydrogen-bond donors (Lipinski definition) is 0. The Balaban J connectivity index is 1.78. The minimum atomic E-state index is -0.352. The first-order chi connectivity index (χ1) is 13.4. The third kappa shape index (κ3) is 4.03. The maximum Gasteiger partial charge on any atom is 0.332 e. The quantitative estimate of drug-likeness (QED) is 0.780. The highest BCUT2D eigenvalue weighted by molar-refractivity contribution is 5.79. The topological polar surface area (TPSA) is 67.6 Å². The molecule has 0 saturated carbocycles. The van der Waals surface area contributed by atoms with Crippen LogP contribution in [0.25, 0.3) is 0 Å². The molecule has 28 heavy (non-hydrogen) atoms. The lowest BCUT2D eigenvalue weighted by Crippen LogP contribution is -2.47. The van der Waals surface area contributed by atoms with Crippen molar-refractivity contribution in [1.29, 1.82) is 0 Å². The number of carbonyl (C=O) groups excluding carboxylic acids is 1. The molecule has 1 fully saturated rings. The van der Waals surface area contributed by atoms with E-state index < -0.39 is 0 Å². The predicted molar refractivity (Wildman–Crippen MR) is 109 cm³/mol. The molecule has 0 bridgehead atoms. The Labute approximate surface area is 164 Å². The van der Waals surface area contributed by atoms with Crippen molar-refractivity contribution in [1.82, 2.24) is 14.0 Å². The van der Waals surface area contributed by atoms with Crippen LogP contribution in [0.5, 0.6) is 0 Å². The molecule has 1 amide bonds. The predicted octanol–water partition coefficient (Wildman–Crippen LogP) is 1.35. The van der Waals surface area contributed by atoms with Crippen molar-refractivity contribution in [2.24, 2.45) is 20.0 Å². The highest BCUT2D eigenvalue weighted by Gasteiger charge is 2.30. The molecular weight excluding hydrogens is 356 g/mol. The molecular formula is C21H28N4O3. The van der Waals surface area contributed by atoms with Crippen LogP contribution in [-0.2, 0) is 25.4 Å². The van der Waals surface area contributed by atoms with Crippen molar-refractivity contribution in [2.45, 2.75) is 26.3 Å². The third-order valence-corrected chi connectivity index (χ3v) is 5.50. The third-order valence-electron chi connectivity index (χ3n) is 5.50. The Kier molecular flexibility index (Phi) is 6.02. The molecule has 0 radical (unpaired) electrons. The van der Waals surface area contributed by atoms with Gasteiger partial charge in [-0.05, 0) is 25.3 Å². The Morgan fingerprint density at radius 1 is 1.14 bits per heavy atom. The van der Waals surface area contributed by atoms with Gasteiger partial charge in [-0.15, -0.1) is 0 Å². The molecule has 2 heterocycles. The van der Waals surface area contributed by atoms with E-state index in [-0.39, 0.29) is 23.1 Å². The van der Waals surface area contributed by atoms with Crippen LogP contribution in [0.15, 0.2) is 46.0 Å². The van der Waals surface area contributed by atoms with Gasteiger partial charge in [-0.25, -0.2) is 4.79 Å². The number of rotatable bonds is 5. The summed E-state index contributed by atoms with van der Waals surface area (Å²) in [5, 5.41) is 0. The second-order valence-corrected chi connectivity index (χ2v) is 7.36. The number of anilines is 1. The van der Waals surface area contributed by atoms with Crippen LogP contribution >= 0.6 is 0 Å². The van der Waals surface area contributed by atoms with Crippen LogP contribution < -0.4 is 16.1 Å². The molecule has 150 valence electrons. The highest BCUT2D eigenvalue weighted by atomic mass is 16.2. The standard InChI is InChI=1S/C21H28N4O3/c1-4-24(14-16-9-6-5-7-10-16)20(27)17-11-8-12-25(15-17)18-13-19(26)23(3)21(28)22(18)2/h5-7,9-10,13,17H,4,8,11-12,14-15H2,1-3H3. The van der Waals surface area contributed by atoms with Gasteiger partial charge < -0.3 is 9.80 Å². The summed E-state index contributed by atoms with van der Waals surface area (Å²) in [4.78, 5) is 41.3. The van der Waals surface area contributed by atoms with Gasteiger partial charge in [-0.1, -0.05) is 30.3 Å². The van der Waals surface area contributed by atoms with Crippen LogP contribution in [0.3, 0.4) is 0 Å². The fourth-order valence-electron chi connectivity index (χ4n) is 3.82. The van der Waals surface area contributed by atoms with Gasteiger partial charge >= 0.3 is 5.69 Å². The van der Waals surface area contributed by atoms with Gasteiger partial charge in [0.2, 0.25) is 5.91 Å². The van der Waals surface area contributed by atoms with E-state index in [0.717, 1.165) is 29.5 Å². The Morgan fingerprint density at radius 2 is 1.86 bits per heavy atom. The van der Waals surface area contributed by atoms with Gasteiger partial charge in [0.1, 0.15) is 5.82 Å². The van der Waals surface area contributed by atoms with Crippen molar-refractivity contribution in [3.8, 4) is 0 Å². The van der Waals surface area contributed by atoms with Gasteiger partial charge in [0.05, 0.1) is 5.92 Å². The summed E-state index contributed by atoms with van der Waals surface area (Å²) in [5.41, 5.74) is 0.431. The molecule has 0 aliphatic carbocycles. The number of amides is 1. The van der Waals surface area contributed by atoms with Crippen LogP contribution in [0.4, 0.5) is 5.82 Å². The van der Waals surface area contributed by atoms with E-state index in [4.69, 9.17) is 0 Å². The van der Waals surface area contributed by atoms with Crippen molar-refractivity contribution in [3.05, 3.63) is 62.8 Å².